The third-order valence-corrected chi connectivity index (χ3v) is 2.88. The molecular formula is C13H16F3NO2. The summed E-state index contributed by atoms with van der Waals surface area (Å²) in [6.45, 7) is 0.835. The molecule has 106 valence electrons. The number of anilines is 1. The van der Waals surface area contributed by atoms with E-state index in [0.717, 1.165) is 13.0 Å². The summed E-state index contributed by atoms with van der Waals surface area (Å²) in [5.41, 5.74) is 0.582. The first-order chi connectivity index (χ1) is 9.04. The van der Waals surface area contributed by atoms with E-state index in [2.05, 4.69) is 5.32 Å². The minimum Gasteiger partial charge on any atom is -0.482 e. The summed E-state index contributed by atoms with van der Waals surface area (Å²) >= 11 is 0. The van der Waals surface area contributed by atoms with Gasteiger partial charge in [0.1, 0.15) is 5.75 Å². The topological polar surface area (TPSA) is 30.5 Å². The molecule has 0 bridgehead atoms. The van der Waals surface area contributed by atoms with Crippen LogP contribution < -0.4 is 10.1 Å². The maximum absolute atomic E-state index is 12.1. The lowest BCUT2D eigenvalue weighted by molar-refractivity contribution is -0.153. The van der Waals surface area contributed by atoms with Crippen LogP contribution in [0.25, 0.3) is 0 Å². The van der Waals surface area contributed by atoms with E-state index in [-0.39, 0.29) is 5.75 Å². The van der Waals surface area contributed by atoms with Gasteiger partial charge in [-0.15, -0.1) is 0 Å². The second kappa shape index (κ2) is 6.14. The fourth-order valence-corrected chi connectivity index (χ4v) is 1.90. The second-order valence-electron chi connectivity index (χ2n) is 4.51. The molecule has 6 heteroatoms. The molecule has 1 aliphatic heterocycles. The first kappa shape index (κ1) is 14.0. The van der Waals surface area contributed by atoms with Gasteiger partial charge in [-0.25, -0.2) is 0 Å². The summed E-state index contributed by atoms with van der Waals surface area (Å²) in [4.78, 5) is 0. The van der Waals surface area contributed by atoms with Gasteiger partial charge in [0, 0.05) is 19.1 Å². The summed E-state index contributed by atoms with van der Waals surface area (Å²) in [6.07, 6.45) is -3.36. The monoisotopic (exact) mass is 275 g/mol. The van der Waals surface area contributed by atoms with Crippen molar-refractivity contribution in [3.63, 3.8) is 0 Å². The predicted molar refractivity (Wildman–Crippen MR) is 65.4 cm³/mol. The number of hydrogen-bond donors (Lipinski definition) is 1. The summed E-state index contributed by atoms with van der Waals surface area (Å²) in [7, 11) is 0. The van der Waals surface area contributed by atoms with E-state index in [9.17, 15) is 13.2 Å². The summed E-state index contributed by atoms with van der Waals surface area (Å²) in [5.74, 6) is 0.620. The number of ether oxygens (including phenoxy) is 2. The van der Waals surface area contributed by atoms with Crippen LogP contribution >= 0.6 is 0 Å². The molecule has 19 heavy (non-hydrogen) atoms. The van der Waals surface area contributed by atoms with Crippen LogP contribution in [0.1, 0.15) is 6.42 Å². The Bertz CT molecular complexity index is 403. The van der Waals surface area contributed by atoms with Crippen LogP contribution in [0.3, 0.4) is 0 Å². The molecule has 2 rings (SSSR count). The zero-order chi connectivity index (χ0) is 13.7. The SMILES string of the molecule is FC(F)(F)COc1ccccc1NCC1CCOC1. The van der Waals surface area contributed by atoms with Gasteiger partial charge in [-0.3, -0.25) is 0 Å². The second-order valence-corrected chi connectivity index (χ2v) is 4.51. The Labute approximate surface area is 109 Å². The Hall–Kier alpha value is -1.43. The molecule has 1 heterocycles. The van der Waals surface area contributed by atoms with Crippen molar-refractivity contribution in [2.75, 3.05) is 31.7 Å². The molecule has 1 unspecified atom stereocenters. The molecule has 1 aromatic rings. The number of halogens is 3. The van der Waals surface area contributed by atoms with Gasteiger partial charge in [-0.05, 0) is 18.6 Å². The van der Waals surface area contributed by atoms with Crippen molar-refractivity contribution >= 4 is 5.69 Å². The predicted octanol–water partition coefficient (Wildman–Crippen LogP) is 3.08. The largest absolute Gasteiger partial charge is 0.482 e. The zero-order valence-electron chi connectivity index (χ0n) is 10.4. The minimum absolute atomic E-state index is 0.221. The van der Waals surface area contributed by atoms with Crippen LogP contribution in [0.4, 0.5) is 18.9 Å². The molecule has 0 radical (unpaired) electrons. The lowest BCUT2D eigenvalue weighted by Crippen LogP contribution is -2.20. The lowest BCUT2D eigenvalue weighted by Gasteiger charge is -2.16. The van der Waals surface area contributed by atoms with Gasteiger partial charge in [0.05, 0.1) is 12.3 Å². The van der Waals surface area contributed by atoms with Crippen LogP contribution in [-0.2, 0) is 4.74 Å². The number of hydrogen-bond acceptors (Lipinski definition) is 3. The lowest BCUT2D eigenvalue weighted by atomic mass is 10.1. The Kier molecular flexibility index (Phi) is 4.52. The smallest absolute Gasteiger partial charge is 0.422 e. The highest BCUT2D eigenvalue weighted by Crippen LogP contribution is 2.27. The highest BCUT2D eigenvalue weighted by molar-refractivity contribution is 5.56. The van der Waals surface area contributed by atoms with Gasteiger partial charge in [0.2, 0.25) is 0 Å². The third-order valence-electron chi connectivity index (χ3n) is 2.88. The number of para-hydroxylation sites is 2. The van der Waals surface area contributed by atoms with Crippen LogP contribution in [-0.4, -0.2) is 32.5 Å². The van der Waals surface area contributed by atoms with E-state index in [0.29, 0.717) is 24.8 Å². The van der Waals surface area contributed by atoms with Crippen molar-refractivity contribution in [2.45, 2.75) is 12.6 Å². The van der Waals surface area contributed by atoms with Crippen molar-refractivity contribution in [3.05, 3.63) is 24.3 Å². The Morgan fingerprint density at radius 1 is 1.32 bits per heavy atom. The van der Waals surface area contributed by atoms with Crippen LogP contribution in [0.2, 0.25) is 0 Å². The molecule has 0 amide bonds. The standard InChI is InChI=1S/C13H16F3NO2/c14-13(15,16)9-19-12-4-2-1-3-11(12)17-7-10-5-6-18-8-10/h1-4,10,17H,5-9H2. The molecule has 0 saturated carbocycles. The molecular weight excluding hydrogens is 259 g/mol. The maximum Gasteiger partial charge on any atom is 0.422 e. The molecule has 0 aliphatic carbocycles. The Morgan fingerprint density at radius 2 is 2.11 bits per heavy atom. The summed E-state index contributed by atoms with van der Waals surface area (Å²) in [6, 6.07) is 6.64. The summed E-state index contributed by atoms with van der Waals surface area (Å²) < 4.78 is 46.5. The Balaban J connectivity index is 1.91. The van der Waals surface area contributed by atoms with E-state index < -0.39 is 12.8 Å². The normalized spacial score (nSPS) is 19.4. The number of benzene rings is 1. The van der Waals surface area contributed by atoms with Crippen molar-refractivity contribution in [1.82, 2.24) is 0 Å². The van der Waals surface area contributed by atoms with E-state index in [1.54, 1.807) is 18.2 Å². The highest BCUT2D eigenvalue weighted by Gasteiger charge is 2.28. The number of rotatable bonds is 5. The molecule has 1 atom stereocenters. The van der Waals surface area contributed by atoms with Gasteiger partial charge in [0.25, 0.3) is 0 Å². The van der Waals surface area contributed by atoms with Crippen molar-refractivity contribution in [1.29, 1.82) is 0 Å². The van der Waals surface area contributed by atoms with Crippen molar-refractivity contribution in [2.24, 2.45) is 5.92 Å². The highest BCUT2D eigenvalue weighted by atomic mass is 19.4. The van der Waals surface area contributed by atoms with Gasteiger partial charge in [-0.2, -0.15) is 13.2 Å². The quantitative estimate of drug-likeness (QED) is 0.895. The van der Waals surface area contributed by atoms with Crippen molar-refractivity contribution in [3.8, 4) is 5.75 Å². The minimum atomic E-state index is -4.33. The van der Waals surface area contributed by atoms with Gasteiger partial charge in [-0.1, -0.05) is 12.1 Å². The zero-order valence-corrected chi connectivity index (χ0v) is 10.4. The van der Waals surface area contributed by atoms with Crippen molar-refractivity contribution < 1.29 is 22.6 Å². The molecule has 3 nitrogen and oxygen atoms in total. The number of alkyl halides is 3. The average Bonchev–Trinajstić information content (AvgIpc) is 2.87. The molecule has 1 aliphatic rings. The molecule has 1 aromatic carbocycles. The first-order valence-electron chi connectivity index (χ1n) is 6.15. The fraction of sp³-hybridized carbons (Fsp3) is 0.538. The molecule has 0 spiro atoms. The van der Waals surface area contributed by atoms with Crippen LogP contribution in [0, 0.1) is 5.92 Å². The van der Waals surface area contributed by atoms with E-state index in [1.807, 2.05) is 0 Å². The van der Waals surface area contributed by atoms with Crippen LogP contribution in [0.15, 0.2) is 24.3 Å². The van der Waals surface area contributed by atoms with E-state index >= 15 is 0 Å². The number of nitrogens with one attached hydrogen (secondary N) is 1. The van der Waals surface area contributed by atoms with Gasteiger partial charge in [0.15, 0.2) is 6.61 Å². The molecule has 1 fully saturated rings. The van der Waals surface area contributed by atoms with Crippen LogP contribution in [0.5, 0.6) is 5.75 Å². The average molecular weight is 275 g/mol. The van der Waals surface area contributed by atoms with Gasteiger partial charge < -0.3 is 14.8 Å². The van der Waals surface area contributed by atoms with E-state index in [4.69, 9.17) is 9.47 Å². The summed E-state index contributed by atoms with van der Waals surface area (Å²) in [5, 5.41) is 3.12. The Morgan fingerprint density at radius 3 is 2.79 bits per heavy atom. The van der Waals surface area contributed by atoms with E-state index in [1.165, 1.54) is 6.07 Å². The van der Waals surface area contributed by atoms with Gasteiger partial charge >= 0.3 is 6.18 Å². The molecule has 1 saturated heterocycles. The first-order valence-corrected chi connectivity index (χ1v) is 6.15. The maximum atomic E-state index is 12.1. The third kappa shape index (κ3) is 4.63. The molecule has 0 aromatic heterocycles. The fourth-order valence-electron chi connectivity index (χ4n) is 1.90. The molecule has 1 N–H and O–H groups in total.